The molecule has 0 aliphatic carbocycles. The molecular formula is C15H10BrClO. The number of allylic oxidation sites excluding steroid dienone is 1. The Morgan fingerprint density at radius 1 is 0.833 bits per heavy atom. The summed E-state index contributed by atoms with van der Waals surface area (Å²) in [5.74, 6) is -0.121. The molecule has 2 aromatic rings. The normalized spacial score (nSPS) is 11.9. The lowest BCUT2D eigenvalue weighted by atomic mass is 10.1. The molecule has 0 atom stereocenters. The number of hydrogen-bond acceptors (Lipinski definition) is 1. The van der Waals surface area contributed by atoms with E-state index in [2.05, 4.69) is 15.9 Å². The van der Waals surface area contributed by atoms with Crippen molar-refractivity contribution in [1.29, 1.82) is 0 Å². The molecule has 0 unspecified atom stereocenters. The fraction of sp³-hybridized carbons (Fsp3) is 0. The highest BCUT2D eigenvalue weighted by Crippen LogP contribution is 2.28. The molecule has 0 fully saturated rings. The fourth-order valence-corrected chi connectivity index (χ4v) is 2.20. The Morgan fingerprint density at radius 3 is 1.78 bits per heavy atom. The van der Waals surface area contributed by atoms with E-state index in [-0.39, 0.29) is 5.78 Å². The molecule has 0 saturated heterocycles. The third-order valence-electron chi connectivity index (χ3n) is 2.46. The molecule has 0 radical (unpaired) electrons. The standard InChI is InChI=1S/C15H10BrClO/c16-13(14(17)11-7-3-1-4-8-11)15(18)12-9-5-2-6-10-12/h1-10H/b14-13+. The van der Waals surface area contributed by atoms with Crippen LogP contribution in [0.3, 0.4) is 0 Å². The minimum absolute atomic E-state index is 0.121. The fourth-order valence-electron chi connectivity index (χ4n) is 1.53. The number of ketones is 1. The smallest absolute Gasteiger partial charge is 0.201 e. The Bertz CT molecular complexity index is 576. The summed E-state index contributed by atoms with van der Waals surface area (Å²) in [6, 6.07) is 18.4. The maximum atomic E-state index is 12.2. The lowest BCUT2D eigenvalue weighted by Crippen LogP contribution is -1.99. The van der Waals surface area contributed by atoms with Gasteiger partial charge in [-0.15, -0.1) is 0 Å². The van der Waals surface area contributed by atoms with Crippen LogP contribution in [0.1, 0.15) is 15.9 Å². The lowest BCUT2D eigenvalue weighted by Gasteiger charge is -2.04. The van der Waals surface area contributed by atoms with Gasteiger partial charge in [0.05, 0.1) is 9.51 Å². The molecule has 90 valence electrons. The molecule has 3 heteroatoms. The molecule has 2 rings (SSSR count). The van der Waals surface area contributed by atoms with E-state index in [1.165, 1.54) is 0 Å². The van der Waals surface area contributed by atoms with Crippen LogP contribution in [0.15, 0.2) is 65.1 Å². The minimum atomic E-state index is -0.121. The van der Waals surface area contributed by atoms with Crippen LogP contribution in [0, 0.1) is 0 Å². The summed E-state index contributed by atoms with van der Waals surface area (Å²) < 4.78 is 0.376. The van der Waals surface area contributed by atoms with Crippen molar-refractivity contribution < 1.29 is 4.79 Å². The van der Waals surface area contributed by atoms with Gasteiger partial charge in [-0.05, 0) is 21.5 Å². The summed E-state index contributed by atoms with van der Waals surface area (Å²) in [5, 5.41) is 0.421. The zero-order valence-corrected chi connectivity index (χ0v) is 11.8. The zero-order chi connectivity index (χ0) is 13.0. The number of rotatable bonds is 3. The van der Waals surface area contributed by atoms with Crippen LogP contribution in [0.25, 0.3) is 5.03 Å². The Balaban J connectivity index is 2.37. The van der Waals surface area contributed by atoms with Crippen LogP contribution >= 0.6 is 27.5 Å². The molecular weight excluding hydrogens is 312 g/mol. The van der Waals surface area contributed by atoms with Gasteiger partial charge in [0.1, 0.15) is 0 Å². The average Bonchev–Trinajstić information content (AvgIpc) is 2.47. The van der Waals surface area contributed by atoms with Crippen LogP contribution in [0.5, 0.6) is 0 Å². The molecule has 18 heavy (non-hydrogen) atoms. The molecule has 0 aromatic heterocycles. The largest absolute Gasteiger partial charge is 0.288 e. The first-order valence-corrected chi connectivity index (χ1v) is 6.57. The monoisotopic (exact) mass is 320 g/mol. The van der Waals surface area contributed by atoms with E-state index in [0.29, 0.717) is 15.1 Å². The van der Waals surface area contributed by atoms with E-state index >= 15 is 0 Å². The molecule has 0 N–H and O–H groups in total. The predicted octanol–water partition coefficient (Wildman–Crippen LogP) is 4.87. The number of hydrogen-bond donors (Lipinski definition) is 0. The van der Waals surface area contributed by atoms with Crippen molar-refractivity contribution in [2.24, 2.45) is 0 Å². The number of Topliss-reactive ketones (excluding diaryl/α,β-unsaturated/α-hetero) is 1. The SMILES string of the molecule is O=C(/C(Br)=C(\Cl)c1ccccc1)c1ccccc1. The topological polar surface area (TPSA) is 17.1 Å². The van der Waals surface area contributed by atoms with Gasteiger partial charge in [0.25, 0.3) is 0 Å². The number of carbonyl (C=O) groups excluding carboxylic acids is 1. The van der Waals surface area contributed by atoms with Crippen LogP contribution in [-0.2, 0) is 0 Å². The highest BCUT2D eigenvalue weighted by atomic mass is 79.9. The molecule has 2 aromatic carbocycles. The molecule has 0 spiro atoms. The first-order valence-electron chi connectivity index (χ1n) is 5.40. The highest BCUT2D eigenvalue weighted by Gasteiger charge is 2.14. The molecule has 0 amide bonds. The molecule has 0 aliphatic rings. The quantitative estimate of drug-likeness (QED) is 0.582. The summed E-state index contributed by atoms with van der Waals surface area (Å²) in [5.41, 5.74) is 1.42. The van der Waals surface area contributed by atoms with E-state index in [0.717, 1.165) is 5.56 Å². The molecule has 1 nitrogen and oxygen atoms in total. The van der Waals surface area contributed by atoms with E-state index in [4.69, 9.17) is 11.6 Å². The van der Waals surface area contributed by atoms with E-state index in [1.54, 1.807) is 12.1 Å². The van der Waals surface area contributed by atoms with Gasteiger partial charge in [-0.1, -0.05) is 72.3 Å². The maximum Gasteiger partial charge on any atom is 0.201 e. The summed E-state index contributed by atoms with van der Waals surface area (Å²) in [4.78, 5) is 12.2. The van der Waals surface area contributed by atoms with E-state index in [1.807, 2.05) is 48.5 Å². The van der Waals surface area contributed by atoms with Crippen molar-refractivity contribution >= 4 is 38.3 Å². The van der Waals surface area contributed by atoms with Gasteiger partial charge in [-0.25, -0.2) is 0 Å². The van der Waals surface area contributed by atoms with Crippen molar-refractivity contribution in [2.45, 2.75) is 0 Å². The van der Waals surface area contributed by atoms with Crippen molar-refractivity contribution in [2.75, 3.05) is 0 Å². The van der Waals surface area contributed by atoms with Crippen molar-refractivity contribution in [3.63, 3.8) is 0 Å². The molecule has 0 aliphatic heterocycles. The van der Waals surface area contributed by atoms with Crippen LogP contribution in [-0.4, -0.2) is 5.78 Å². The van der Waals surface area contributed by atoms with Gasteiger partial charge in [0, 0.05) is 5.56 Å². The second-order valence-corrected chi connectivity index (χ2v) is 4.86. The van der Waals surface area contributed by atoms with E-state index in [9.17, 15) is 4.79 Å². The van der Waals surface area contributed by atoms with Gasteiger partial charge < -0.3 is 0 Å². The number of halogens is 2. The third kappa shape index (κ3) is 2.89. The zero-order valence-electron chi connectivity index (χ0n) is 9.44. The van der Waals surface area contributed by atoms with Crippen molar-refractivity contribution in [1.82, 2.24) is 0 Å². The Kier molecular flexibility index (Phi) is 4.34. The first-order chi connectivity index (χ1) is 8.70. The van der Waals surface area contributed by atoms with Crippen LogP contribution in [0.4, 0.5) is 0 Å². The summed E-state index contributed by atoms with van der Waals surface area (Å²) in [6.45, 7) is 0. The van der Waals surface area contributed by atoms with Crippen LogP contribution < -0.4 is 0 Å². The van der Waals surface area contributed by atoms with Crippen LogP contribution in [0.2, 0.25) is 0 Å². The highest BCUT2D eigenvalue weighted by molar-refractivity contribution is 9.12. The van der Waals surface area contributed by atoms with Gasteiger partial charge in [0.15, 0.2) is 0 Å². The summed E-state index contributed by atoms with van der Waals surface area (Å²) in [6.07, 6.45) is 0. The summed E-state index contributed by atoms with van der Waals surface area (Å²) in [7, 11) is 0. The Hall–Kier alpha value is -1.38. The molecule has 0 bridgehead atoms. The lowest BCUT2D eigenvalue weighted by molar-refractivity contribution is 0.104. The minimum Gasteiger partial charge on any atom is -0.288 e. The van der Waals surface area contributed by atoms with Crippen molar-refractivity contribution in [3.8, 4) is 0 Å². The van der Waals surface area contributed by atoms with Gasteiger partial charge >= 0.3 is 0 Å². The Morgan fingerprint density at radius 2 is 1.28 bits per heavy atom. The second kappa shape index (κ2) is 5.98. The van der Waals surface area contributed by atoms with Gasteiger partial charge in [0.2, 0.25) is 5.78 Å². The third-order valence-corrected chi connectivity index (χ3v) is 3.85. The van der Waals surface area contributed by atoms with Crippen molar-refractivity contribution in [3.05, 3.63) is 76.3 Å². The predicted molar refractivity (Wildman–Crippen MR) is 78.9 cm³/mol. The first kappa shape index (κ1) is 13.1. The summed E-state index contributed by atoms with van der Waals surface area (Å²) >= 11 is 9.49. The Labute approximate surface area is 119 Å². The van der Waals surface area contributed by atoms with E-state index < -0.39 is 0 Å². The second-order valence-electron chi connectivity index (χ2n) is 3.69. The number of benzene rings is 2. The molecule has 0 saturated carbocycles. The number of carbonyl (C=O) groups is 1. The average molecular weight is 322 g/mol. The van der Waals surface area contributed by atoms with Gasteiger partial charge in [-0.3, -0.25) is 4.79 Å². The van der Waals surface area contributed by atoms with Gasteiger partial charge in [-0.2, -0.15) is 0 Å². The maximum absolute atomic E-state index is 12.2. The molecule has 0 heterocycles.